The predicted octanol–water partition coefficient (Wildman–Crippen LogP) is 5.48. The minimum Gasteiger partial charge on any atom is -0.493 e. The molecule has 1 unspecified atom stereocenters. The molecule has 0 aliphatic heterocycles. The van der Waals surface area contributed by atoms with Gasteiger partial charge in [0.1, 0.15) is 25.1 Å². The number of para-hydroxylation sites is 3. The third kappa shape index (κ3) is 9.42. The third-order valence-electron chi connectivity index (χ3n) is 6.41. The number of aromatic amines is 1. The summed E-state index contributed by atoms with van der Waals surface area (Å²) < 4.78 is 23.1. The van der Waals surface area contributed by atoms with Crippen LogP contribution >= 0.6 is 12.4 Å². The quantitative estimate of drug-likeness (QED) is 0.0658. The first-order chi connectivity index (χ1) is 20.0. The molecule has 0 bridgehead atoms. The number of methoxy groups -OCH3 is 1. The minimum atomic E-state index is -0.815. The molecule has 4 rings (SSSR count). The maximum atomic E-state index is 12.6. The van der Waals surface area contributed by atoms with E-state index in [-0.39, 0.29) is 38.0 Å². The van der Waals surface area contributed by atoms with Gasteiger partial charge in [-0.15, -0.1) is 22.5 Å². The van der Waals surface area contributed by atoms with Crippen molar-refractivity contribution in [3.05, 3.63) is 76.8 Å². The molecule has 0 aliphatic carbocycles. The number of hydrogen-bond donors (Lipinski definition) is 2. The third-order valence-corrected chi connectivity index (χ3v) is 6.41. The number of nitrogens with one attached hydrogen (secondary N) is 2. The van der Waals surface area contributed by atoms with Crippen LogP contribution in [0.5, 0.6) is 17.2 Å². The summed E-state index contributed by atoms with van der Waals surface area (Å²) in [6, 6.07) is 21.3. The van der Waals surface area contributed by atoms with Crippen LogP contribution in [0.2, 0.25) is 0 Å². The van der Waals surface area contributed by atoms with Gasteiger partial charge in [0.05, 0.1) is 19.2 Å². The molecule has 226 valence electrons. The highest BCUT2D eigenvalue weighted by molar-refractivity contribution is 6.10. The van der Waals surface area contributed by atoms with Crippen molar-refractivity contribution >= 4 is 40.2 Å². The summed E-state index contributed by atoms with van der Waals surface area (Å²) in [5.74, 6) is 1.65. The van der Waals surface area contributed by atoms with Crippen LogP contribution < -0.4 is 19.5 Å². The molecular weight excluding hydrogens is 566 g/mol. The van der Waals surface area contributed by atoms with Gasteiger partial charge in [0.25, 0.3) is 5.09 Å². The van der Waals surface area contributed by atoms with Crippen molar-refractivity contribution in [2.75, 3.05) is 40.0 Å². The number of carbonyl (C=O) groups excluding carboxylic acids is 1. The van der Waals surface area contributed by atoms with Crippen LogP contribution in [-0.2, 0) is 14.4 Å². The molecule has 0 spiro atoms. The van der Waals surface area contributed by atoms with Gasteiger partial charge in [-0.25, -0.2) is 0 Å². The number of H-pyrrole nitrogens is 1. The van der Waals surface area contributed by atoms with Crippen molar-refractivity contribution in [3.63, 3.8) is 0 Å². The average molecular weight is 602 g/mol. The van der Waals surface area contributed by atoms with Gasteiger partial charge < -0.3 is 34.1 Å². The molecule has 4 aromatic rings. The first-order valence-corrected chi connectivity index (χ1v) is 13.6. The Labute approximate surface area is 249 Å². The Balaban J connectivity index is 0.00000484. The zero-order valence-corrected chi connectivity index (χ0v) is 24.2. The van der Waals surface area contributed by atoms with Gasteiger partial charge in [0.15, 0.2) is 11.5 Å². The van der Waals surface area contributed by atoms with Gasteiger partial charge in [-0.3, -0.25) is 4.79 Å². The van der Waals surface area contributed by atoms with E-state index in [2.05, 4.69) is 15.1 Å². The highest BCUT2D eigenvalue weighted by atomic mass is 35.5. The summed E-state index contributed by atoms with van der Waals surface area (Å²) in [6.07, 6.45) is 1.30. The fourth-order valence-corrected chi connectivity index (χ4v) is 4.47. The molecule has 0 amide bonds. The van der Waals surface area contributed by atoms with Gasteiger partial charge in [-0.05, 0) is 43.2 Å². The van der Waals surface area contributed by atoms with E-state index in [1.807, 2.05) is 66.7 Å². The Bertz CT molecular complexity index is 1430. The summed E-state index contributed by atoms with van der Waals surface area (Å²) >= 11 is 0. The molecule has 0 saturated carbocycles. The smallest absolute Gasteiger partial charge is 0.306 e. The monoisotopic (exact) mass is 601 g/mol. The molecular formula is C30H36ClN3O8. The number of unbranched alkanes of at least 4 members (excludes halogenated alkanes) is 2. The Morgan fingerprint density at radius 1 is 0.905 bits per heavy atom. The second-order valence-corrected chi connectivity index (χ2v) is 9.34. The Kier molecular flexibility index (Phi) is 13.0. The first-order valence-electron chi connectivity index (χ1n) is 13.6. The number of rotatable bonds is 18. The van der Waals surface area contributed by atoms with E-state index in [1.54, 1.807) is 7.11 Å². The summed E-state index contributed by atoms with van der Waals surface area (Å²) in [4.78, 5) is 30.6. The molecule has 3 aromatic carbocycles. The van der Waals surface area contributed by atoms with Gasteiger partial charge in [0, 0.05) is 35.8 Å². The van der Waals surface area contributed by atoms with E-state index >= 15 is 0 Å². The van der Waals surface area contributed by atoms with Crippen LogP contribution in [0.1, 0.15) is 25.7 Å². The van der Waals surface area contributed by atoms with E-state index < -0.39 is 11.2 Å². The number of ether oxygens (including phenoxy) is 4. The summed E-state index contributed by atoms with van der Waals surface area (Å²) in [6.45, 7) is 1.44. The lowest BCUT2D eigenvalue weighted by molar-refractivity contribution is -0.757. The van der Waals surface area contributed by atoms with Crippen LogP contribution in [0.3, 0.4) is 0 Å². The number of aromatic nitrogens is 1. The first kappa shape index (κ1) is 32.3. The van der Waals surface area contributed by atoms with Gasteiger partial charge in [-0.2, -0.15) is 0 Å². The maximum Gasteiger partial charge on any atom is 0.306 e. The number of fused-ring (bicyclic) bond motifs is 3. The molecule has 0 radical (unpaired) electrons. The predicted molar refractivity (Wildman–Crippen MR) is 161 cm³/mol. The summed E-state index contributed by atoms with van der Waals surface area (Å²) in [5.41, 5.74) is 1.98. The lowest BCUT2D eigenvalue weighted by Gasteiger charge is -2.20. The zero-order valence-electron chi connectivity index (χ0n) is 23.4. The minimum absolute atomic E-state index is 0. The molecule has 11 nitrogen and oxygen atoms in total. The van der Waals surface area contributed by atoms with E-state index in [0.29, 0.717) is 56.2 Å². The van der Waals surface area contributed by atoms with Crippen molar-refractivity contribution in [2.45, 2.75) is 31.8 Å². The summed E-state index contributed by atoms with van der Waals surface area (Å²) in [7, 11) is 1.59. The highest BCUT2D eigenvalue weighted by Crippen LogP contribution is 2.33. The van der Waals surface area contributed by atoms with Crippen LogP contribution in [-0.4, -0.2) is 62.2 Å². The van der Waals surface area contributed by atoms with Crippen LogP contribution in [0.25, 0.3) is 21.8 Å². The van der Waals surface area contributed by atoms with Crippen molar-refractivity contribution < 1.29 is 33.7 Å². The van der Waals surface area contributed by atoms with E-state index in [1.165, 1.54) is 0 Å². The van der Waals surface area contributed by atoms with Crippen molar-refractivity contribution in [1.82, 2.24) is 10.3 Å². The van der Waals surface area contributed by atoms with Crippen molar-refractivity contribution in [3.8, 4) is 17.2 Å². The number of benzene rings is 3. The van der Waals surface area contributed by atoms with Crippen LogP contribution in [0.15, 0.2) is 66.7 Å². The average Bonchev–Trinajstić information content (AvgIpc) is 3.36. The molecule has 2 N–H and O–H groups in total. The molecule has 12 heteroatoms. The van der Waals surface area contributed by atoms with Gasteiger partial charge >= 0.3 is 5.97 Å². The molecule has 1 aromatic heterocycles. The number of carbonyl (C=O) groups is 1. The molecule has 0 fully saturated rings. The lowest BCUT2D eigenvalue weighted by Crippen LogP contribution is -2.37. The SMILES string of the molecule is COc1ccccc1OCCNCC(COc1cccc2[nH]c3ccccc3c12)OC(=O)CCCCCO[N+](=O)[O-].Cl. The van der Waals surface area contributed by atoms with E-state index in [9.17, 15) is 14.9 Å². The van der Waals surface area contributed by atoms with E-state index in [0.717, 1.165) is 21.8 Å². The standard InChI is InChI=1S/C30H35N3O8.ClH/c1-37-26-13-6-7-14-27(26)38-19-17-31-20-22(41-29(34)16-3-2-8-18-40-33(35)36)21-39-28-15-9-12-25-30(28)23-10-4-5-11-24(23)32-25;/h4-7,9-15,22,31-32H,2-3,8,16-21H2,1H3;1H. The Hall–Kier alpha value is -4.22. The molecule has 1 heterocycles. The van der Waals surface area contributed by atoms with Crippen LogP contribution in [0.4, 0.5) is 0 Å². The van der Waals surface area contributed by atoms with Gasteiger partial charge in [-0.1, -0.05) is 42.8 Å². The number of halogens is 1. The number of esters is 1. The number of nitrogens with zero attached hydrogens (tertiary/aromatic N) is 1. The Morgan fingerprint density at radius 2 is 1.64 bits per heavy atom. The molecule has 42 heavy (non-hydrogen) atoms. The lowest BCUT2D eigenvalue weighted by atomic mass is 10.1. The van der Waals surface area contributed by atoms with Crippen molar-refractivity contribution in [2.24, 2.45) is 0 Å². The molecule has 0 saturated heterocycles. The molecule has 1 atom stereocenters. The maximum absolute atomic E-state index is 12.6. The Morgan fingerprint density at radius 3 is 2.45 bits per heavy atom. The highest BCUT2D eigenvalue weighted by Gasteiger charge is 2.17. The second-order valence-electron chi connectivity index (χ2n) is 9.34. The van der Waals surface area contributed by atoms with Crippen molar-refractivity contribution in [1.29, 1.82) is 0 Å². The zero-order chi connectivity index (χ0) is 28.9. The second kappa shape index (κ2) is 16.9. The van der Waals surface area contributed by atoms with E-state index in [4.69, 9.17) is 18.9 Å². The summed E-state index contributed by atoms with van der Waals surface area (Å²) in [5, 5.41) is 14.7. The van der Waals surface area contributed by atoms with Crippen LogP contribution in [0, 0.1) is 10.1 Å². The normalized spacial score (nSPS) is 11.5. The number of hydrogen-bond acceptors (Lipinski definition) is 9. The topological polar surface area (TPSA) is 134 Å². The van der Waals surface area contributed by atoms with Gasteiger partial charge in [0.2, 0.25) is 0 Å². The fourth-order valence-electron chi connectivity index (χ4n) is 4.47. The largest absolute Gasteiger partial charge is 0.493 e. The molecule has 0 aliphatic rings. The fraction of sp³-hybridized carbons (Fsp3) is 0.367.